The molecule has 0 saturated carbocycles. The number of aromatic hydroxyl groups is 1. The molecule has 2 aromatic carbocycles. The maximum Gasteiger partial charge on any atom is 0.189 e. The molecule has 0 saturated heterocycles. The Balaban J connectivity index is 1.83. The maximum absolute atomic E-state index is 12.1. The minimum atomic E-state index is -0.279. The zero-order valence-corrected chi connectivity index (χ0v) is 12.7. The van der Waals surface area contributed by atoms with Gasteiger partial charge in [0.2, 0.25) is 0 Å². The number of ether oxygens (including phenoxy) is 1. The molecule has 0 spiro atoms. The van der Waals surface area contributed by atoms with Crippen molar-refractivity contribution in [3.8, 4) is 11.5 Å². The second kappa shape index (κ2) is 6.40. The SMILES string of the molecule is CCOc1ccc2cc(/C=C/C(=O)c3ccccc3O)oc2c1. The predicted molar refractivity (Wildman–Crippen MR) is 88.9 cm³/mol. The van der Waals surface area contributed by atoms with Gasteiger partial charge in [-0.25, -0.2) is 0 Å². The Labute approximate surface area is 133 Å². The molecule has 0 bridgehead atoms. The van der Waals surface area contributed by atoms with E-state index in [9.17, 15) is 9.90 Å². The van der Waals surface area contributed by atoms with E-state index >= 15 is 0 Å². The van der Waals surface area contributed by atoms with E-state index in [1.165, 1.54) is 12.1 Å². The van der Waals surface area contributed by atoms with Gasteiger partial charge in [-0.2, -0.15) is 0 Å². The smallest absolute Gasteiger partial charge is 0.189 e. The summed E-state index contributed by atoms with van der Waals surface area (Å²) in [7, 11) is 0. The molecule has 1 heterocycles. The molecule has 0 amide bonds. The molecule has 4 nitrogen and oxygen atoms in total. The zero-order chi connectivity index (χ0) is 16.2. The molecule has 0 fully saturated rings. The third-order valence-electron chi connectivity index (χ3n) is 3.39. The van der Waals surface area contributed by atoms with Crippen LogP contribution < -0.4 is 4.74 Å². The third kappa shape index (κ3) is 3.26. The fourth-order valence-corrected chi connectivity index (χ4v) is 2.30. The molecule has 3 aromatic rings. The third-order valence-corrected chi connectivity index (χ3v) is 3.39. The number of ketones is 1. The molecule has 0 aliphatic carbocycles. The van der Waals surface area contributed by atoms with Crippen LogP contribution in [0.2, 0.25) is 0 Å². The van der Waals surface area contributed by atoms with Crippen molar-refractivity contribution in [3.63, 3.8) is 0 Å². The summed E-state index contributed by atoms with van der Waals surface area (Å²) < 4.78 is 11.1. The van der Waals surface area contributed by atoms with E-state index in [2.05, 4.69) is 0 Å². The van der Waals surface area contributed by atoms with E-state index in [4.69, 9.17) is 9.15 Å². The molecule has 1 aromatic heterocycles. The van der Waals surface area contributed by atoms with Crippen molar-refractivity contribution in [1.29, 1.82) is 0 Å². The number of furan rings is 1. The molecule has 0 aliphatic rings. The van der Waals surface area contributed by atoms with Crippen molar-refractivity contribution in [2.24, 2.45) is 0 Å². The number of allylic oxidation sites excluding steroid dienone is 1. The molecule has 116 valence electrons. The van der Waals surface area contributed by atoms with Gasteiger partial charge in [0.15, 0.2) is 5.78 Å². The standard InChI is InChI=1S/C19H16O4/c1-2-22-14-8-7-13-11-15(23-19(13)12-14)9-10-18(21)16-5-3-4-6-17(16)20/h3-12,20H,2H2,1H3/b10-9+. The van der Waals surface area contributed by atoms with Crippen molar-refractivity contribution >= 4 is 22.8 Å². The summed E-state index contributed by atoms with van der Waals surface area (Å²) in [6.07, 6.45) is 2.98. The summed E-state index contributed by atoms with van der Waals surface area (Å²) in [4.78, 5) is 12.1. The van der Waals surface area contributed by atoms with E-state index in [-0.39, 0.29) is 17.1 Å². The quantitative estimate of drug-likeness (QED) is 0.559. The Bertz CT molecular complexity index is 874. The molecule has 3 rings (SSSR count). The molecule has 23 heavy (non-hydrogen) atoms. The summed E-state index contributed by atoms with van der Waals surface area (Å²) in [5.41, 5.74) is 0.962. The normalized spacial score (nSPS) is 11.2. The number of phenolic OH excluding ortho intramolecular Hbond substituents is 1. The first-order valence-electron chi connectivity index (χ1n) is 7.34. The topological polar surface area (TPSA) is 59.7 Å². The number of fused-ring (bicyclic) bond motifs is 1. The number of benzene rings is 2. The highest BCUT2D eigenvalue weighted by atomic mass is 16.5. The lowest BCUT2D eigenvalue weighted by Gasteiger charge is -2.00. The molecule has 0 radical (unpaired) electrons. The number of para-hydroxylation sites is 1. The monoisotopic (exact) mass is 308 g/mol. The summed E-state index contributed by atoms with van der Waals surface area (Å²) in [6.45, 7) is 2.51. The number of hydrogen-bond acceptors (Lipinski definition) is 4. The second-order valence-electron chi connectivity index (χ2n) is 5.00. The highest BCUT2D eigenvalue weighted by molar-refractivity contribution is 6.08. The lowest BCUT2D eigenvalue weighted by Crippen LogP contribution is -1.93. The fourth-order valence-electron chi connectivity index (χ4n) is 2.30. The number of carbonyl (C=O) groups excluding carboxylic acids is 1. The average Bonchev–Trinajstić information content (AvgIpc) is 2.95. The van der Waals surface area contributed by atoms with Gasteiger partial charge in [-0.1, -0.05) is 12.1 Å². The number of hydrogen-bond donors (Lipinski definition) is 1. The first kappa shape index (κ1) is 14.9. The molecule has 1 N–H and O–H groups in total. The van der Waals surface area contributed by atoms with E-state index in [1.807, 2.05) is 31.2 Å². The molecular weight excluding hydrogens is 292 g/mol. The molecule has 4 heteroatoms. The molecule has 0 atom stereocenters. The minimum absolute atomic E-state index is 0.0342. The van der Waals surface area contributed by atoms with Gasteiger partial charge in [0, 0.05) is 11.5 Å². The van der Waals surface area contributed by atoms with Crippen molar-refractivity contribution < 1.29 is 19.1 Å². The summed E-state index contributed by atoms with van der Waals surface area (Å²) >= 11 is 0. The number of carbonyl (C=O) groups is 1. The first-order valence-corrected chi connectivity index (χ1v) is 7.34. The summed E-state index contributed by atoms with van der Waals surface area (Å²) in [6, 6.07) is 13.9. The first-order chi connectivity index (χ1) is 11.2. The fraction of sp³-hybridized carbons (Fsp3) is 0.105. The summed E-state index contributed by atoms with van der Waals surface area (Å²) in [5.74, 6) is 0.999. The Hall–Kier alpha value is -3.01. The second-order valence-corrected chi connectivity index (χ2v) is 5.00. The van der Waals surface area contributed by atoms with Crippen LogP contribution in [0.15, 0.2) is 59.0 Å². The average molecular weight is 308 g/mol. The number of rotatable bonds is 5. The van der Waals surface area contributed by atoms with Gasteiger partial charge in [-0.15, -0.1) is 0 Å². The Kier molecular flexibility index (Phi) is 4.15. The van der Waals surface area contributed by atoms with Gasteiger partial charge in [-0.05, 0) is 49.4 Å². The van der Waals surface area contributed by atoms with Gasteiger partial charge in [0.25, 0.3) is 0 Å². The molecule has 0 aliphatic heterocycles. The summed E-state index contributed by atoms with van der Waals surface area (Å²) in [5, 5.41) is 10.6. The van der Waals surface area contributed by atoms with Crippen LogP contribution in [0.3, 0.4) is 0 Å². The largest absolute Gasteiger partial charge is 0.507 e. The van der Waals surface area contributed by atoms with Crippen LogP contribution in [0, 0.1) is 0 Å². The Morgan fingerprint density at radius 1 is 1.22 bits per heavy atom. The van der Waals surface area contributed by atoms with Gasteiger partial charge in [-0.3, -0.25) is 4.79 Å². The van der Waals surface area contributed by atoms with E-state index in [0.717, 1.165) is 11.1 Å². The van der Waals surface area contributed by atoms with E-state index < -0.39 is 0 Å². The van der Waals surface area contributed by atoms with Crippen LogP contribution in [0.4, 0.5) is 0 Å². The number of phenols is 1. The maximum atomic E-state index is 12.1. The Morgan fingerprint density at radius 3 is 2.83 bits per heavy atom. The molecule has 0 unspecified atom stereocenters. The van der Waals surface area contributed by atoms with Crippen molar-refractivity contribution in [1.82, 2.24) is 0 Å². The van der Waals surface area contributed by atoms with Crippen LogP contribution in [-0.2, 0) is 0 Å². The van der Waals surface area contributed by atoms with Gasteiger partial charge < -0.3 is 14.3 Å². The van der Waals surface area contributed by atoms with Gasteiger partial charge in [0.05, 0.1) is 12.2 Å². The van der Waals surface area contributed by atoms with Crippen LogP contribution in [0.1, 0.15) is 23.0 Å². The minimum Gasteiger partial charge on any atom is -0.507 e. The lowest BCUT2D eigenvalue weighted by atomic mass is 10.1. The Morgan fingerprint density at radius 2 is 2.04 bits per heavy atom. The van der Waals surface area contributed by atoms with Crippen molar-refractivity contribution in [3.05, 3.63) is 65.9 Å². The van der Waals surface area contributed by atoms with Crippen LogP contribution in [-0.4, -0.2) is 17.5 Å². The van der Waals surface area contributed by atoms with Crippen LogP contribution in [0.25, 0.3) is 17.0 Å². The molecular formula is C19H16O4. The highest BCUT2D eigenvalue weighted by Gasteiger charge is 2.08. The zero-order valence-electron chi connectivity index (χ0n) is 12.7. The van der Waals surface area contributed by atoms with Crippen molar-refractivity contribution in [2.45, 2.75) is 6.92 Å². The highest BCUT2D eigenvalue weighted by Crippen LogP contribution is 2.25. The van der Waals surface area contributed by atoms with Gasteiger partial charge >= 0.3 is 0 Å². The van der Waals surface area contributed by atoms with Crippen LogP contribution in [0.5, 0.6) is 11.5 Å². The van der Waals surface area contributed by atoms with E-state index in [0.29, 0.717) is 18.0 Å². The lowest BCUT2D eigenvalue weighted by molar-refractivity contribution is 0.104. The van der Waals surface area contributed by atoms with Crippen molar-refractivity contribution in [2.75, 3.05) is 6.61 Å². The van der Waals surface area contributed by atoms with E-state index in [1.54, 1.807) is 24.3 Å². The van der Waals surface area contributed by atoms with Crippen LogP contribution >= 0.6 is 0 Å². The predicted octanol–water partition coefficient (Wildman–Crippen LogP) is 4.43. The van der Waals surface area contributed by atoms with Gasteiger partial charge in [0.1, 0.15) is 22.8 Å².